The second kappa shape index (κ2) is 5.97. The van der Waals surface area contributed by atoms with Crippen molar-refractivity contribution in [3.05, 3.63) is 29.8 Å². The molecule has 1 aliphatic carbocycles. The average molecular weight is 327 g/mol. The highest BCUT2D eigenvalue weighted by molar-refractivity contribution is 7.90. The van der Waals surface area contributed by atoms with Crippen molar-refractivity contribution in [1.82, 2.24) is 4.90 Å². The van der Waals surface area contributed by atoms with Crippen LogP contribution in [0.4, 0.5) is 0 Å². The normalized spacial score (nSPS) is 20.9. The van der Waals surface area contributed by atoms with Crippen LogP contribution in [0.25, 0.3) is 0 Å². The summed E-state index contributed by atoms with van der Waals surface area (Å²) in [7, 11) is -3.55. The molecule has 1 aliphatic heterocycles. The Labute approximate surface area is 130 Å². The average Bonchev–Trinajstić information content (AvgIpc) is 2.78. The highest BCUT2D eigenvalue weighted by Gasteiger charge is 2.34. The van der Waals surface area contributed by atoms with E-state index < -0.39 is 10.0 Å². The maximum atomic E-state index is 12.2. The van der Waals surface area contributed by atoms with Crippen LogP contribution in [-0.2, 0) is 10.0 Å². The molecule has 0 unspecified atom stereocenters. The van der Waals surface area contributed by atoms with Crippen LogP contribution in [0.15, 0.2) is 33.6 Å². The zero-order valence-corrected chi connectivity index (χ0v) is 13.4. The molecule has 0 spiro atoms. The van der Waals surface area contributed by atoms with E-state index in [-0.39, 0.29) is 0 Å². The molecule has 3 rings (SSSR count). The number of halogens is 1. The van der Waals surface area contributed by atoms with Crippen molar-refractivity contribution >= 4 is 27.5 Å². The minimum atomic E-state index is -3.55. The summed E-state index contributed by atoms with van der Waals surface area (Å²) in [6, 6.07) is 7.40. The third-order valence-electron chi connectivity index (χ3n) is 4.23. The van der Waals surface area contributed by atoms with Crippen LogP contribution in [0.2, 0.25) is 0 Å². The Balaban J connectivity index is 2.00. The van der Waals surface area contributed by atoms with Crippen molar-refractivity contribution in [1.29, 1.82) is 0 Å². The monoisotopic (exact) mass is 326 g/mol. The first kappa shape index (κ1) is 14.9. The van der Waals surface area contributed by atoms with E-state index >= 15 is 0 Å². The van der Waals surface area contributed by atoms with Crippen molar-refractivity contribution in [3.8, 4) is 0 Å². The van der Waals surface area contributed by atoms with E-state index in [2.05, 4.69) is 9.30 Å². The van der Waals surface area contributed by atoms with Crippen molar-refractivity contribution in [2.45, 2.75) is 43.0 Å². The van der Waals surface area contributed by atoms with E-state index in [9.17, 15) is 8.42 Å². The fraction of sp³-hybridized carbons (Fsp3) is 0.533. The molecule has 6 heteroatoms. The molecule has 21 heavy (non-hydrogen) atoms. The van der Waals surface area contributed by atoms with Gasteiger partial charge in [0.15, 0.2) is 5.84 Å². The van der Waals surface area contributed by atoms with Gasteiger partial charge in [0.25, 0.3) is 10.0 Å². The molecule has 0 saturated heterocycles. The first-order valence-corrected chi connectivity index (χ1v) is 9.38. The van der Waals surface area contributed by atoms with E-state index in [1.165, 1.54) is 19.3 Å². The van der Waals surface area contributed by atoms with E-state index in [0.717, 1.165) is 12.8 Å². The number of sulfonamides is 1. The van der Waals surface area contributed by atoms with Crippen LogP contribution >= 0.6 is 11.6 Å². The first-order chi connectivity index (χ1) is 10.1. The van der Waals surface area contributed by atoms with Gasteiger partial charge in [-0.25, -0.2) is 0 Å². The SMILES string of the molecule is O=S1(=O)N=C(N(CCCl)C2CCCCC2)c2ccccc21. The fourth-order valence-corrected chi connectivity index (χ4v) is 4.64. The van der Waals surface area contributed by atoms with Crippen LogP contribution in [0.5, 0.6) is 0 Å². The largest absolute Gasteiger partial charge is 0.351 e. The number of rotatable bonds is 3. The molecule has 1 heterocycles. The van der Waals surface area contributed by atoms with Gasteiger partial charge in [0, 0.05) is 24.0 Å². The quantitative estimate of drug-likeness (QED) is 0.802. The standard InChI is InChI=1S/C15H19ClN2O2S/c16-10-11-18(12-6-2-1-3-7-12)15-13-8-4-5-9-14(13)21(19,20)17-15/h4-5,8-9,12H,1-3,6-7,10-11H2. The van der Waals surface area contributed by atoms with Crippen molar-refractivity contribution in [2.75, 3.05) is 12.4 Å². The van der Waals surface area contributed by atoms with Crippen LogP contribution in [0.3, 0.4) is 0 Å². The topological polar surface area (TPSA) is 49.7 Å². The summed E-state index contributed by atoms with van der Waals surface area (Å²) in [5.41, 5.74) is 0.716. The molecule has 0 bridgehead atoms. The summed E-state index contributed by atoms with van der Waals surface area (Å²) in [6.45, 7) is 0.634. The molecule has 1 saturated carbocycles. The first-order valence-electron chi connectivity index (χ1n) is 7.40. The second-order valence-electron chi connectivity index (χ2n) is 5.56. The van der Waals surface area contributed by atoms with Crippen molar-refractivity contribution in [3.63, 3.8) is 0 Å². The molecule has 1 aromatic rings. The molecule has 0 aromatic heterocycles. The van der Waals surface area contributed by atoms with Gasteiger partial charge in [0.2, 0.25) is 0 Å². The second-order valence-corrected chi connectivity index (χ2v) is 7.51. The number of benzene rings is 1. The highest BCUT2D eigenvalue weighted by Crippen LogP contribution is 2.31. The molecule has 1 aromatic carbocycles. The van der Waals surface area contributed by atoms with Gasteiger partial charge in [-0.2, -0.15) is 8.42 Å². The molecule has 4 nitrogen and oxygen atoms in total. The molecule has 0 radical (unpaired) electrons. The summed E-state index contributed by atoms with van der Waals surface area (Å²) in [5.74, 6) is 1.05. The summed E-state index contributed by atoms with van der Waals surface area (Å²) in [4.78, 5) is 2.42. The Morgan fingerprint density at radius 3 is 2.62 bits per heavy atom. The van der Waals surface area contributed by atoms with Crippen LogP contribution in [0, 0.1) is 0 Å². The number of amidine groups is 1. The summed E-state index contributed by atoms with van der Waals surface area (Å²) in [5, 5.41) is 0. The Kier molecular flexibility index (Phi) is 4.22. The van der Waals surface area contributed by atoms with E-state index in [1.54, 1.807) is 12.1 Å². The number of fused-ring (bicyclic) bond motifs is 1. The van der Waals surface area contributed by atoms with Gasteiger partial charge in [-0.15, -0.1) is 16.0 Å². The lowest BCUT2D eigenvalue weighted by molar-refractivity contribution is 0.254. The van der Waals surface area contributed by atoms with Crippen molar-refractivity contribution in [2.24, 2.45) is 4.40 Å². The minimum Gasteiger partial charge on any atom is -0.351 e. The molecule has 0 amide bonds. The predicted octanol–water partition coefficient (Wildman–Crippen LogP) is 3.01. The van der Waals surface area contributed by atoms with Crippen LogP contribution < -0.4 is 0 Å². The Bertz CT molecular complexity index is 651. The number of nitrogens with zero attached hydrogens (tertiary/aromatic N) is 2. The Hall–Kier alpha value is -1.07. The van der Waals surface area contributed by atoms with E-state index in [0.29, 0.717) is 34.8 Å². The van der Waals surface area contributed by atoms with Crippen LogP contribution in [0.1, 0.15) is 37.7 Å². The molecule has 2 aliphatic rings. The molecule has 0 atom stereocenters. The zero-order valence-electron chi connectivity index (χ0n) is 11.8. The zero-order chi connectivity index (χ0) is 14.9. The fourth-order valence-electron chi connectivity index (χ4n) is 3.24. The Morgan fingerprint density at radius 1 is 1.19 bits per heavy atom. The van der Waals surface area contributed by atoms with Crippen LogP contribution in [-0.4, -0.2) is 37.6 Å². The molecule has 1 fully saturated rings. The lowest BCUT2D eigenvalue weighted by Crippen LogP contribution is -2.42. The third-order valence-corrected chi connectivity index (χ3v) is 5.72. The van der Waals surface area contributed by atoms with Crippen molar-refractivity contribution < 1.29 is 8.42 Å². The number of hydrogen-bond acceptors (Lipinski definition) is 3. The number of alkyl halides is 1. The maximum absolute atomic E-state index is 12.2. The molecular formula is C15H19ClN2O2S. The third kappa shape index (κ3) is 2.81. The smallest absolute Gasteiger partial charge is 0.285 e. The summed E-state index contributed by atoms with van der Waals surface area (Å²) in [6.07, 6.45) is 5.79. The van der Waals surface area contributed by atoms with Gasteiger partial charge in [0.05, 0.1) is 0 Å². The molecule has 114 valence electrons. The molecular weight excluding hydrogens is 308 g/mol. The molecule has 0 N–H and O–H groups in total. The predicted molar refractivity (Wildman–Crippen MR) is 84.5 cm³/mol. The van der Waals surface area contributed by atoms with Gasteiger partial charge in [0.1, 0.15) is 4.90 Å². The van der Waals surface area contributed by atoms with Gasteiger partial charge in [-0.1, -0.05) is 31.4 Å². The number of hydrogen-bond donors (Lipinski definition) is 0. The lowest BCUT2D eigenvalue weighted by atomic mass is 9.93. The summed E-state index contributed by atoms with van der Waals surface area (Å²) < 4.78 is 28.5. The lowest BCUT2D eigenvalue weighted by Gasteiger charge is -2.35. The minimum absolute atomic E-state index is 0.315. The van der Waals surface area contributed by atoms with E-state index in [1.807, 2.05) is 12.1 Å². The van der Waals surface area contributed by atoms with Gasteiger partial charge < -0.3 is 4.90 Å². The van der Waals surface area contributed by atoms with Gasteiger partial charge in [-0.05, 0) is 25.0 Å². The maximum Gasteiger partial charge on any atom is 0.285 e. The van der Waals surface area contributed by atoms with Gasteiger partial charge in [-0.3, -0.25) is 0 Å². The highest BCUT2D eigenvalue weighted by atomic mass is 35.5. The Morgan fingerprint density at radius 2 is 1.90 bits per heavy atom. The van der Waals surface area contributed by atoms with E-state index in [4.69, 9.17) is 11.6 Å². The summed E-state index contributed by atoms with van der Waals surface area (Å²) >= 11 is 5.95. The van der Waals surface area contributed by atoms with Gasteiger partial charge >= 0.3 is 0 Å².